The zero-order valence-electron chi connectivity index (χ0n) is 15.6. The van der Waals surface area contributed by atoms with E-state index in [4.69, 9.17) is 4.43 Å². The zero-order valence-corrected chi connectivity index (χ0v) is 16.6. The number of carbonyl (C=O) groups is 1. The number of carbonyl (C=O) groups excluding carboxylic acids is 1. The largest absolute Gasteiger partial charge is 0.416 e. The molecule has 0 radical (unpaired) electrons. The fourth-order valence-electron chi connectivity index (χ4n) is 4.26. The summed E-state index contributed by atoms with van der Waals surface area (Å²) in [5, 5.41) is 0. The van der Waals surface area contributed by atoms with Gasteiger partial charge in [-0.25, -0.2) is 0 Å². The first-order valence-electron chi connectivity index (χ1n) is 9.17. The second-order valence-corrected chi connectivity index (χ2v) is 13.2. The molecule has 0 aromatic rings. The van der Waals surface area contributed by atoms with Gasteiger partial charge in [0.15, 0.2) is 14.1 Å². The molecule has 0 aliphatic heterocycles. The van der Waals surface area contributed by atoms with Gasteiger partial charge in [0.05, 0.1) is 0 Å². The third kappa shape index (κ3) is 5.06. The van der Waals surface area contributed by atoms with E-state index in [-0.39, 0.29) is 0 Å². The normalized spacial score (nSPS) is 16.8. The Morgan fingerprint density at radius 1 is 1.00 bits per heavy atom. The second kappa shape index (κ2) is 9.02. The van der Waals surface area contributed by atoms with Crippen LogP contribution in [-0.2, 0) is 9.22 Å². The molecular formula is C19H36O2Si. The van der Waals surface area contributed by atoms with Crippen molar-refractivity contribution in [2.45, 2.75) is 96.7 Å². The van der Waals surface area contributed by atoms with Crippen molar-refractivity contribution in [3.8, 4) is 0 Å². The average molecular weight is 325 g/mol. The van der Waals surface area contributed by atoms with E-state index < -0.39 is 8.32 Å². The summed E-state index contributed by atoms with van der Waals surface area (Å²) in [6, 6.07) is 0. The summed E-state index contributed by atoms with van der Waals surface area (Å²) in [5.74, 6) is 0.323. The molecule has 0 aromatic carbocycles. The molecule has 1 rings (SSSR count). The number of ketones is 1. The van der Waals surface area contributed by atoms with E-state index in [2.05, 4.69) is 41.5 Å². The Kier molecular flexibility index (Phi) is 8.05. The first-order chi connectivity index (χ1) is 10.3. The lowest BCUT2D eigenvalue weighted by Crippen LogP contribution is -2.47. The second-order valence-electron chi connectivity index (χ2n) is 7.75. The minimum atomic E-state index is -1.70. The zero-order chi connectivity index (χ0) is 16.8. The Hall–Kier alpha value is -0.413. The molecular weight excluding hydrogens is 288 g/mol. The third-order valence-corrected chi connectivity index (χ3v) is 11.4. The Balaban J connectivity index is 2.42. The van der Waals surface area contributed by atoms with Gasteiger partial charge in [-0.05, 0) is 54.8 Å². The molecule has 1 aliphatic rings. The van der Waals surface area contributed by atoms with Gasteiger partial charge in [0.2, 0.25) is 0 Å². The standard InChI is InChI=1S/C19H36O2Si/c1-15(2)22(16(3)4,17(5)6)21-13-8-7-10-18-11-9-12-19(20)14-18/h14-17H,7-13H2,1-6H3. The maximum Gasteiger partial charge on any atom is 0.200 e. The van der Waals surface area contributed by atoms with Crippen molar-refractivity contribution in [3.05, 3.63) is 11.6 Å². The third-order valence-electron chi connectivity index (χ3n) is 5.24. The summed E-state index contributed by atoms with van der Waals surface area (Å²) in [6.45, 7) is 14.9. The van der Waals surface area contributed by atoms with Gasteiger partial charge < -0.3 is 4.43 Å². The van der Waals surface area contributed by atoms with Crippen LogP contribution in [0.25, 0.3) is 0 Å². The SMILES string of the molecule is CC(C)[Si](OCCCCC1=CC(=O)CCC1)(C(C)C)C(C)C. The molecule has 0 unspecified atom stereocenters. The van der Waals surface area contributed by atoms with Crippen molar-refractivity contribution in [2.24, 2.45) is 0 Å². The molecule has 0 saturated heterocycles. The van der Waals surface area contributed by atoms with Crippen LogP contribution in [0.4, 0.5) is 0 Å². The molecule has 0 N–H and O–H groups in total. The van der Waals surface area contributed by atoms with E-state index in [0.29, 0.717) is 22.4 Å². The first kappa shape index (κ1) is 19.6. The molecule has 0 heterocycles. The minimum absolute atomic E-state index is 0.323. The van der Waals surface area contributed by atoms with Gasteiger partial charge in [0, 0.05) is 13.0 Å². The first-order valence-corrected chi connectivity index (χ1v) is 11.3. The Morgan fingerprint density at radius 3 is 2.09 bits per heavy atom. The van der Waals surface area contributed by atoms with Crippen molar-refractivity contribution in [1.82, 2.24) is 0 Å². The molecule has 1 aliphatic carbocycles. The van der Waals surface area contributed by atoms with E-state index in [1.54, 1.807) is 0 Å². The number of hydrogen-bond donors (Lipinski definition) is 0. The average Bonchev–Trinajstić information content (AvgIpc) is 2.41. The highest BCUT2D eigenvalue weighted by atomic mass is 28.4. The van der Waals surface area contributed by atoms with E-state index >= 15 is 0 Å². The number of allylic oxidation sites excluding steroid dienone is 2. The lowest BCUT2D eigenvalue weighted by atomic mass is 9.95. The summed E-state index contributed by atoms with van der Waals surface area (Å²) in [4.78, 5) is 11.4. The molecule has 0 saturated carbocycles. The van der Waals surface area contributed by atoms with Crippen LogP contribution in [0.2, 0.25) is 16.6 Å². The minimum Gasteiger partial charge on any atom is -0.416 e. The van der Waals surface area contributed by atoms with Gasteiger partial charge in [-0.3, -0.25) is 4.79 Å². The Morgan fingerprint density at radius 2 is 1.59 bits per heavy atom. The van der Waals surface area contributed by atoms with Gasteiger partial charge in [-0.15, -0.1) is 0 Å². The molecule has 0 atom stereocenters. The number of rotatable bonds is 9. The highest BCUT2D eigenvalue weighted by Gasteiger charge is 2.44. The van der Waals surface area contributed by atoms with E-state index in [9.17, 15) is 4.79 Å². The molecule has 0 aromatic heterocycles. The Bertz CT molecular complexity index is 361. The highest BCUT2D eigenvalue weighted by Crippen LogP contribution is 2.42. The van der Waals surface area contributed by atoms with Gasteiger partial charge in [-0.2, -0.15) is 0 Å². The van der Waals surface area contributed by atoms with Gasteiger partial charge in [0.25, 0.3) is 0 Å². The van der Waals surface area contributed by atoms with Crippen LogP contribution in [0.15, 0.2) is 11.6 Å². The van der Waals surface area contributed by atoms with Crippen molar-refractivity contribution in [2.75, 3.05) is 6.61 Å². The fraction of sp³-hybridized carbons (Fsp3) is 0.842. The van der Waals surface area contributed by atoms with Gasteiger partial charge >= 0.3 is 0 Å². The van der Waals surface area contributed by atoms with Crippen LogP contribution in [0, 0.1) is 0 Å². The van der Waals surface area contributed by atoms with Crippen LogP contribution in [0.3, 0.4) is 0 Å². The lowest BCUT2D eigenvalue weighted by Gasteiger charge is -2.42. The monoisotopic (exact) mass is 324 g/mol. The van der Waals surface area contributed by atoms with Crippen LogP contribution >= 0.6 is 0 Å². The summed E-state index contributed by atoms with van der Waals surface area (Å²) in [6.07, 6.45) is 8.15. The van der Waals surface area contributed by atoms with Gasteiger partial charge in [0.1, 0.15) is 0 Å². The number of unbranched alkanes of at least 4 members (excludes halogenated alkanes) is 1. The van der Waals surface area contributed by atoms with E-state index in [1.165, 1.54) is 5.57 Å². The van der Waals surface area contributed by atoms with Crippen molar-refractivity contribution < 1.29 is 9.22 Å². The summed E-state index contributed by atoms with van der Waals surface area (Å²) in [7, 11) is -1.70. The summed E-state index contributed by atoms with van der Waals surface area (Å²) in [5.41, 5.74) is 3.33. The quantitative estimate of drug-likeness (QED) is 0.382. The maximum atomic E-state index is 11.4. The van der Waals surface area contributed by atoms with Crippen molar-refractivity contribution in [1.29, 1.82) is 0 Å². The fourth-order valence-corrected chi connectivity index (χ4v) is 9.76. The predicted molar refractivity (Wildman–Crippen MR) is 97.8 cm³/mol. The van der Waals surface area contributed by atoms with E-state index in [0.717, 1.165) is 45.1 Å². The smallest absolute Gasteiger partial charge is 0.200 e. The predicted octanol–water partition coefficient (Wildman–Crippen LogP) is 6.03. The van der Waals surface area contributed by atoms with Crippen LogP contribution < -0.4 is 0 Å². The molecule has 0 bridgehead atoms. The topological polar surface area (TPSA) is 26.3 Å². The lowest BCUT2D eigenvalue weighted by molar-refractivity contribution is -0.115. The summed E-state index contributed by atoms with van der Waals surface area (Å²) >= 11 is 0. The maximum absolute atomic E-state index is 11.4. The van der Waals surface area contributed by atoms with Crippen LogP contribution in [0.5, 0.6) is 0 Å². The Labute approximate surface area is 138 Å². The molecule has 0 spiro atoms. The molecule has 0 fully saturated rings. The van der Waals surface area contributed by atoms with Gasteiger partial charge in [-0.1, -0.05) is 47.1 Å². The summed E-state index contributed by atoms with van der Waals surface area (Å²) < 4.78 is 6.58. The van der Waals surface area contributed by atoms with Crippen LogP contribution in [-0.4, -0.2) is 20.7 Å². The molecule has 0 amide bonds. The molecule has 22 heavy (non-hydrogen) atoms. The number of hydrogen-bond acceptors (Lipinski definition) is 2. The molecule has 3 heteroatoms. The van der Waals surface area contributed by atoms with E-state index in [1.807, 2.05) is 6.08 Å². The van der Waals surface area contributed by atoms with Crippen molar-refractivity contribution >= 4 is 14.1 Å². The highest BCUT2D eigenvalue weighted by molar-refractivity contribution is 6.77. The van der Waals surface area contributed by atoms with Crippen LogP contribution in [0.1, 0.15) is 80.1 Å². The van der Waals surface area contributed by atoms with Crippen molar-refractivity contribution in [3.63, 3.8) is 0 Å². The molecule has 2 nitrogen and oxygen atoms in total. The molecule has 128 valence electrons.